The van der Waals surface area contributed by atoms with Gasteiger partial charge < -0.3 is 14.5 Å². The first-order valence-corrected chi connectivity index (χ1v) is 13.1. The van der Waals surface area contributed by atoms with Crippen molar-refractivity contribution in [2.24, 2.45) is 0 Å². The van der Waals surface area contributed by atoms with Gasteiger partial charge in [-0.2, -0.15) is 26.3 Å². The summed E-state index contributed by atoms with van der Waals surface area (Å²) in [5, 5.41) is 0. The molecule has 5 rings (SSSR count). The number of carbonyl (C=O) groups excluding carboxylic acids is 1. The molecule has 0 bridgehead atoms. The lowest BCUT2D eigenvalue weighted by molar-refractivity contribution is -0.143. The molecule has 2 heterocycles. The van der Waals surface area contributed by atoms with Crippen LogP contribution >= 0.6 is 0 Å². The first-order chi connectivity index (χ1) is 19.0. The molecular weight excluding hydrogens is 534 g/mol. The molecule has 2 aliphatic heterocycles. The van der Waals surface area contributed by atoms with Crippen LogP contribution < -0.4 is 4.90 Å². The molecule has 2 atom stereocenters. The molecule has 0 saturated carbocycles. The van der Waals surface area contributed by atoms with Gasteiger partial charge >= 0.3 is 12.4 Å². The largest absolute Gasteiger partial charge is 0.416 e. The number of anilines is 1. The highest BCUT2D eigenvalue weighted by atomic mass is 19.4. The number of alkyl halides is 6. The van der Waals surface area contributed by atoms with E-state index in [1.165, 1.54) is 4.90 Å². The number of morpholine rings is 1. The summed E-state index contributed by atoms with van der Waals surface area (Å²) in [5.74, 6) is -1.03. The Morgan fingerprint density at radius 1 is 0.725 bits per heavy atom. The van der Waals surface area contributed by atoms with E-state index in [1.54, 1.807) is 0 Å². The Morgan fingerprint density at radius 2 is 1.30 bits per heavy atom. The van der Waals surface area contributed by atoms with Gasteiger partial charge in [-0.3, -0.25) is 4.79 Å². The first kappa shape index (κ1) is 28.0. The van der Waals surface area contributed by atoms with Gasteiger partial charge in [0.25, 0.3) is 5.91 Å². The second-order valence-corrected chi connectivity index (χ2v) is 10.1. The Balaban J connectivity index is 1.45. The maximum atomic E-state index is 13.4. The third-order valence-electron chi connectivity index (χ3n) is 7.66. The topological polar surface area (TPSA) is 32.8 Å². The quantitative estimate of drug-likeness (QED) is 0.322. The molecule has 0 aliphatic carbocycles. The van der Waals surface area contributed by atoms with E-state index in [4.69, 9.17) is 4.74 Å². The van der Waals surface area contributed by atoms with Crippen LogP contribution in [-0.4, -0.2) is 50.2 Å². The van der Waals surface area contributed by atoms with Crippen LogP contribution in [-0.2, 0) is 17.1 Å². The molecular formula is C30H28F6N2O2. The van der Waals surface area contributed by atoms with Gasteiger partial charge in [0.05, 0.1) is 24.3 Å². The van der Waals surface area contributed by atoms with Crippen molar-refractivity contribution in [3.63, 3.8) is 0 Å². The Morgan fingerprint density at radius 3 is 1.88 bits per heavy atom. The number of hydrogen-bond donors (Lipinski definition) is 0. The number of hydrogen-bond acceptors (Lipinski definition) is 3. The lowest BCUT2D eigenvalue weighted by Gasteiger charge is -2.39. The predicted octanol–water partition coefficient (Wildman–Crippen LogP) is 6.97. The van der Waals surface area contributed by atoms with Crippen LogP contribution in [0, 0.1) is 0 Å². The number of benzene rings is 3. The molecule has 212 valence electrons. The highest BCUT2D eigenvalue weighted by Gasteiger charge is 2.39. The Labute approximate surface area is 228 Å². The van der Waals surface area contributed by atoms with Crippen LogP contribution in [0.5, 0.6) is 0 Å². The number of rotatable bonds is 4. The number of halogens is 6. The van der Waals surface area contributed by atoms with Crippen LogP contribution in [0.4, 0.5) is 32.0 Å². The second kappa shape index (κ2) is 11.2. The van der Waals surface area contributed by atoms with Gasteiger partial charge in [-0.05, 0) is 53.8 Å². The van der Waals surface area contributed by atoms with E-state index in [0.717, 1.165) is 29.9 Å². The van der Waals surface area contributed by atoms with Crippen LogP contribution in [0.25, 0.3) is 0 Å². The molecule has 0 radical (unpaired) electrons. The van der Waals surface area contributed by atoms with E-state index >= 15 is 0 Å². The van der Waals surface area contributed by atoms with Gasteiger partial charge in [0.15, 0.2) is 0 Å². The zero-order valence-electron chi connectivity index (χ0n) is 21.5. The molecule has 3 aromatic carbocycles. The maximum Gasteiger partial charge on any atom is 0.416 e. The fraction of sp³-hybridized carbons (Fsp3) is 0.367. The lowest BCUT2D eigenvalue weighted by Crippen LogP contribution is -2.42. The third kappa shape index (κ3) is 6.11. The molecule has 0 spiro atoms. The van der Waals surface area contributed by atoms with E-state index in [9.17, 15) is 31.1 Å². The van der Waals surface area contributed by atoms with Crippen LogP contribution in [0.1, 0.15) is 50.9 Å². The summed E-state index contributed by atoms with van der Waals surface area (Å²) < 4.78 is 86.0. The summed E-state index contributed by atoms with van der Waals surface area (Å²) in [5.41, 5.74) is -0.573. The maximum absolute atomic E-state index is 13.4. The molecule has 40 heavy (non-hydrogen) atoms. The van der Waals surface area contributed by atoms with E-state index in [-0.39, 0.29) is 31.0 Å². The monoisotopic (exact) mass is 562 g/mol. The van der Waals surface area contributed by atoms with Gasteiger partial charge in [-0.1, -0.05) is 42.5 Å². The van der Waals surface area contributed by atoms with Gasteiger partial charge in [0.2, 0.25) is 0 Å². The van der Waals surface area contributed by atoms with Crippen molar-refractivity contribution in [1.82, 2.24) is 4.90 Å². The summed E-state index contributed by atoms with van der Waals surface area (Å²) in [6.07, 6.45) is -9.54. The number of carbonyl (C=O) groups is 1. The SMILES string of the molecule is O=C(c1cc(C(F)(F)F)cc(C(F)(F)F)c1)N1CC[C@H](c2ccccc2)[C@H](c2ccc(N3CCOCC3)cc2)C1. The molecule has 0 unspecified atom stereocenters. The Hall–Kier alpha value is -3.53. The molecule has 4 nitrogen and oxygen atoms in total. The number of likely N-dealkylation sites (tertiary alicyclic amines) is 1. The summed E-state index contributed by atoms with van der Waals surface area (Å²) in [6.45, 7) is 3.20. The smallest absolute Gasteiger partial charge is 0.378 e. The van der Waals surface area contributed by atoms with Gasteiger partial charge in [0, 0.05) is 43.3 Å². The first-order valence-electron chi connectivity index (χ1n) is 13.1. The summed E-state index contributed by atoms with van der Waals surface area (Å²) >= 11 is 0. The lowest BCUT2D eigenvalue weighted by atomic mass is 9.76. The van der Waals surface area contributed by atoms with Gasteiger partial charge in [0.1, 0.15) is 0 Å². The fourth-order valence-electron chi connectivity index (χ4n) is 5.59. The Bertz CT molecular complexity index is 1290. The number of nitrogens with zero attached hydrogens (tertiary/aromatic N) is 2. The highest BCUT2D eigenvalue weighted by Crippen LogP contribution is 2.41. The number of piperidine rings is 1. The normalized spacial score (nSPS) is 20.4. The minimum Gasteiger partial charge on any atom is -0.378 e. The average Bonchev–Trinajstić information content (AvgIpc) is 2.96. The predicted molar refractivity (Wildman–Crippen MR) is 138 cm³/mol. The molecule has 0 N–H and O–H groups in total. The van der Waals surface area contributed by atoms with Crippen LogP contribution in [0.3, 0.4) is 0 Å². The van der Waals surface area contributed by atoms with Gasteiger partial charge in [-0.15, -0.1) is 0 Å². The molecule has 2 aliphatic rings. The zero-order chi connectivity index (χ0) is 28.5. The van der Waals surface area contributed by atoms with Crippen molar-refractivity contribution < 1.29 is 35.9 Å². The van der Waals surface area contributed by atoms with Crippen molar-refractivity contribution in [2.75, 3.05) is 44.3 Å². The molecule has 2 saturated heterocycles. The van der Waals surface area contributed by atoms with E-state index in [1.807, 2.05) is 54.6 Å². The highest BCUT2D eigenvalue weighted by molar-refractivity contribution is 5.95. The third-order valence-corrected chi connectivity index (χ3v) is 7.66. The summed E-state index contributed by atoms with van der Waals surface area (Å²) in [7, 11) is 0. The second-order valence-electron chi connectivity index (χ2n) is 10.1. The molecule has 0 aromatic heterocycles. The van der Waals surface area contributed by atoms with Crippen molar-refractivity contribution in [2.45, 2.75) is 30.6 Å². The molecule has 1 amide bonds. The van der Waals surface area contributed by atoms with E-state index in [0.29, 0.717) is 31.8 Å². The van der Waals surface area contributed by atoms with E-state index in [2.05, 4.69) is 4.90 Å². The summed E-state index contributed by atoms with van der Waals surface area (Å²) in [6, 6.07) is 18.8. The molecule has 2 fully saturated rings. The molecule has 10 heteroatoms. The van der Waals surface area contributed by atoms with Crippen molar-refractivity contribution in [3.05, 3.63) is 101 Å². The Kier molecular flexibility index (Phi) is 7.81. The standard InChI is InChI=1S/C30H28F6N2O2/c31-29(32,33)23-16-22(17-24(18-23)30(34,35)36)28(39)38-11-10-26(20-4-2-1-3-5-20)27(19-38)21-6-8-25(9-7-21)37-12-14-40-15-13-37/h1-9,16-18,26-27H,10-15,19H2/t26-,27+/m1/s1. The van der Waals surface area contributed by atoms with Gasteiger partial charge in [-0.25, -0.2) is 0 Å². The summed E-state index contributed by atoms with van der Waals surface area (Å²) in [4.78, 5) is 17.0. The van der Waals surface area contributed by atoms with Crippen LogP contribution in [0.2, 0.25) is 0 Å². The number of ether oxygens (including phenoxy) is 1. The van der Waals surface area contributed by atoms with Crippen molar-refractivity contribution >= 4 is 11.6 Å². The average molecular weight is 563 g/mol. The molecule has 3 aromatic rings. The zero-order valence-corrected chi connectivity index (χ0v) is 21.5. The van der Waals surface area contributed by atoms with Crippen LogP contribution in [0.15, 0.2) is 72.8 Å². The fourth-order valence-corrected chi connectivity index (χ4v) is 5.59. The minimum atomic E-state index is -5.03. The van der Waals surface area contributed by atoms with E-state index < -0.39 is 35.0 Å². The van der Waals surface area contributed by atoms with Crippen molar-refractivity contribution in [1.29, 1.82) is 0 Å². The minimum absolute atomic E-state index is 0.0201. The van der Waals surface area contributed by atoms with Crippen molar-refractivity contribution in [3.8, 4) is 0 Å². The number of amides is 1.